The molecule has 0 aliphatic carbocycles. The molecule has 2 aliphatic rings. The summed E-state index contributed by atoms with van der Waals surface area (Å²) in [5.74, 6) is -0.00965. The van der Waals surface area contributed by atoms with E-state index >= 15 is 0 Å². The summed E-state index contributed by atoms with van der Waals surface area (Å²) in [6.07, 6.45) is 3.68. The van der Waals surface area contributed by atoms with Crippen LogP contribution in [0.4, 0.5) is 5.69 Å². The summed E-state index contributed by atoms with van der Waals surface area (Å²) in [4.78, 5) is 27.1. The minimum atomic E-state index is -0.199. The van der Waals surface area contributed by atoms with Crippen LogP contribution in [0.3, 0.4) is 0 Å². The van der Waals surface area contributed by atoms with Gasteiger partial charge in [-0.15, -0.1) is 0 Å². The number of benzene rings is 1. The Hall–Kier alpha value is -1.88. The molecule has 2 amide bonds. The highest BCUT2D eigenvalue weighted by atomic mass is 16.2. The lowest BCUT2D eigenvalue weighted by atomic mass is 9.96. The molecule has 3 rings (SSSR count). The van der Waals surface area contributed by atoms with E-state index in [0.717, 1.165) is 51.0 Å². The zero-order valence-corrected chi connectivity index (χ0v) is 12.9. The molecule has 2 heterocycles. The Morgan fingerprint density at radius 2 is 1.95 bits per heavy atom. The zero-order chi connectivity index (χ0) is 15.5. The standard InChI is InChI=1S/C17H23N3O2/c18-17(22)14-7-10-19(11-8-14)12-16(21)20-9-3-5-13-4-1-2-6-15(13)20/h1-2,4,6,14H,3,5,7-12H2,(H2,18,22)/p+1. The summed E-state index contributed by atoms with van der Waals surface area (Å²) in [6.45, 7) is 3.04. The molecule has 0 radical (unpaired) electrons. The number of primary amides is 1. The van der Waals surface area contributed by atoms with Gasteiger partial charge in [-0.05, 0) is 24.5 Å². The van der Waals surface area contributed by atoms with Gasteiger partial charge in [-0.25, -0.2) is 0 Å². The number of aryl methyl sites for hydroxylation is 1. The van der Waals surface area contributed by atoms with Gasteiger partial charge in [0.25, 0.3) is 5.91 Å². The van der Waals surface area contributed by atoms with Crippen molar-refractivity contribution in [2.45, 2.75) is 25.7 Å². The van der Waals surface area contributed by atoms with Crippen molar-refractivity contribution in [3.8, 4) is 0 Å². The number of nitrogens with one attached hydrogen (secondary N) is 1. The summed E-state index contributed by atoms with van der Waals surface area (Å²) in [6, 6.07) is 8.18. The van der Waals surface area contributed by atoms with Gasteiger partial charge in [0.05, 0.1) is 13.1 Å². The number of anilines is 1. The van der Waals surface area contributed by atoms with Crippen molar-refractivity contribution in [3.05, 3.63) is 29.8 Å². The molecule has 3 N–H and O–H groups in total. The molecule has 1 fully saturated rings. The van der Waals surface area contributed by atoms with Crippen molar-refractivity contribution in [2.24, 2.45) is 11.7 Å². The van der Waals surface area contributed by atoms with Crippen LogP contribution in [0.15, 0.2) is 24.3 Å². The quantitative estimate of drug-likeness (QED) is 0.808. The maximum Gasteiger partial charge on any atom is 0.282 e. The molecule has 1 saturated heterocycles. The average Bonchev–Trinajstić information content (AvgIpc) is 2.54. The fourth-order valence-corrected chi connectivity index (χ4v) is 3.59. The Kier molecular flexibility index (Phi) is 4.43. The van der Waals surface area contributed by atoms with Crippen LogP contribution < -0.4 is 15.5 Å². The number of quaternary nitrogens is 1. The first-order valence-electron chi connectivity index (χ1n) is 8.16. The Labute approximate surface area is 131 Å². The van der Waals surface area contributed by atoms with Crippen LogP contribution in [-0.4, -0.2) is 38.0 Å². The SMILES string of the molecule is NC(=O)C1CC[NH+](CC(=O)N2CCCc3ccccc32)CC1. The topological polar surface area (TPSA) is 67.8 Å². The minimum absolute atomic E-state index is 0.00503. The fraction of sp³-hybridized carbons (Fsp3) is 0.529. The predicted octanol–water partition coefficient (Wildman–Crippen LogP) is -0.254. The van der Waals surface area contributed by atoms with Gasteiger partial charge >= 0.3 is 0 Å². The first kappa shape index (κ1) is 15.0. The highest BCUT2D eigenvalue weighted by Crippen LogP contribution is 2.26. The summed E-state index contributed by atoms with van der Waals surface area (Å²) in [7, 11) is 0. The van der Waals surface area contributed by atoms with Crippen LogP contribution in [0.2, 0.25) is 0 Å². The van der Waals surface area contributed by atoms with E-state index in [1.165, 1.54) is 10.5 Å². The Balaban J connectivity index is 1.61. The monoisotopic (exact) mass is 302 g/mol. The van der Waals surface area contributed by atoms with E-state index in [-0.39, 0.29) is 17.7 Å². The van der Waals surface area contributed by atoms with Crippen molar-refractivity contribution in [2.75, 3.05) is 31.1 Å². The molecular formula is C17H24N3O2+. The van der Waals surface area contributed by atoms with Gasteiger partial charge in [0.2, 0.25) is 5.91 Å². The second kappa shape index (κ2) is 6.48. The van der Waals surface area contributed by atoms with Crippen LogP contribution in [0.1, 0.15) is 24.8 Å². The molecule has 22 heavy (non-hydrogen) atoms. The second-order valence-corrected chi connectivity index (χ2v) is 6.38. The number of piperidine rings is 1. The maximum absolute atomic E-state index is 12.7. The molecule has 2 aliphatic heterocycles. The van der Waals surface area contributed by atoms with Gasteiger partial charge in [0, 0.05) is 31.0 Å². The molecule has 0 spiro atoms. The van der Waals surface area contributed by atoms with Crippen LogP contribution in [0.5, 0.6) is 0 Å². The largest absolute Gasteiger partial charge is 0.369 e. The Morgan fingerprint density at radius 1 is 1.23 bits per heavy atom. The number of fused-ring (bicyclic) bond motifs is 1. The van der Waals surface area contributed by atoms with E-state index in [9.17, 15) is 9.59 Å². The number of rotatable bonds is 3. The smallest absolute Gasteiger partial charge is 0.282 e. The lowest BCUT2D eigenvalue weighted by Crippen LogP contribution is -3.14. The van der Waals surface area contributed by atoms with Crippen molar-refractivity contribution in [1.82, 2.24) is 0 Å². The minimum Gasteiger partial charge on any atom is -0.369 e. The van der Waals surface area contributed by atoms with Gasteiger partial charge in [0.15, 0.2) is 6.54 Å². The van der Waals surface area contributed by atoms with Crippen LogP contribution in [-0.2, 0) is 16.0 Å². The third-order valence-electron chi connectivity index (χ3n) is 4.91. The normalized spacial score (nSPS) is 24.6. The molecule has 0 unspecified atom stereocenters. The van der Waals surface area contributed by atoms with Gasteiger partial charge < -0.3 is 15.5 Å². The van der Waals surface area contributed by atoms with E-state index in [1.54, 1.807) is 0 Å². The molecule has 0 atom stereocenters. The molecule has 1 aromatic carbocycles. The van der Waals surface area contributed by atoms with Crippen molar-refractivity contribution in [1.29, 1.82) is 0 Å². The van der Waals surface area contributed by atoms with Gasteiger partial charge in [-0.2, -0.15) is 0 Å². The Bertz CT molecular complexity index is 565. The number of likely N-dealkylation sites (tertiary alicyclic amines) is 1. The van der Waals surface area contributed by atoms with E-state index in [1.807, 2.05) is 23.1 Å². The maximum atomic E-state index is 12.7. The molecule has 118 valence electrons. The van der Waals surface area contributed by atoms with E-state index in [4.69, 9.17) is 5.73 Å². The zero-order valence-electron chi connectivity index (χ0n) is 12.9. The number of hydrogen-bond donors (Lipinski definition) is 2. The first-order valence-corrected chi connectivity index (χ1v) is 8.16. The van der Waals surface area contributed by atoms with Gasteiger partial charge in [-0.1, -0.05) is 18.2 Å². The van der Waals surface area contributed by atoms with Crippen molar-refractivity contribution >= 4 is 17.5 Å². The third kappa shape index (κ3) is 3.14. The number of amides is 2. The summed E-state index contributed by atoms with van der Waals surface area (Å²) in [5, 5.41) is 0. The molecular weight excluding hydrogens is 278 g/mol. The van der Waals surface area contributed by atoms with E-state index < -0.39 is 0 Å². The molecule has 5 heteroatoms. The summed E-state index contributed by atoms with van der Waals surface area (Å²) < 4.78 is 0. The highest BCUT2D eigenvalue weighted by Gasteiger charge is 2.30. The number of para-hydroxylation sites is 1. The van der Waals surface area contributed by atoms with Gasteiger partial charge in [0.1, 0.15) is 0 Å². The second-order valence-electron chi connectivity index (χ2n) is 6.38. The fourth-order valence-electron chi connectivity index (χ4n) is 3.59. The van der Waals surface area contributed by atoms with Crippen LogP contribution >= 0.6 is 0 Å². The predicted molar refractivity (Wildman–Crippen MR) is 84.6 cm³/mol. The highest BCUT2D eigenvalue weighted by molar-refractivity contribution is 5.95. The van der Waals surface area contributed by atoms with E-state index in [2.05, 4.69) is 6.07 Å². The molecule has 0 aromatic heterocycles. The number of hydrogen-bond acceptors (Lipinski definition) is 2. The lowest BCUT2D eigenvalue weighted by Gasteiger charge is -2.32. The molecule has 0 bridgehead atoms. The molecule has 5 nitrogen and oxygen atoms in total. The molecule has 0 saturated carbocycles. The van der Waals surface area contributed by atoms with E-state index in [0.29, 0.717) is 6.54 Å². The number of nitrogens with two attached hydrogens (primary N) is 1. The number of nitrogens with zero attached hydrogens (tertiary/aromatic N) is 1. The van der Waals surface area contributed by atoms with Crippen LogP contribution in [0, 0.1) is 5.92 Å². The molecule has 1 aromatic rings. The van der Waals surface area contributed by atoms with Crippen molar-refractivity contribution < 1.29 is 14.5 Å². The third-order valence-corrected chi connectivity index (χ3v) is 4.91. The lowest BCUT2D eigenvalue weighted by molar-refractivity contribution is -0.897. The van der Waals surface area contributed by atoms with Gasteiger partial charge in [-0.3, -0.25) is 9.59 Å². The number of carbonyl (C=O) groups excluding carboxylic acids is 2. The summed E-state index contributed by atoms with van der Waals surface area (Å²) >= 11 is 0. The first-order chi connectivity index (χ1) is 10.6. The number of carbonyl (C=O) groups is 2. The Morgan fingerprint density at radius 3 is 2.68 bits per heavy atom. The van der Waals surface area contributed by atoms with Crippen LogP contribution in [0.25, 0.3) is 0 Å². The summed E-state index contributed by atoms with van der Waals surface area (Å²) in [5.41, 5.74) is 7.70. The van der Waals surface area contributed by atoms with Crippen molar-refractivity contribution in [3.63, 3.8) is 0 Å². The average molecular weight is 302 g/mol.